The van der Waals surface area contributed by atoms with Gasteiger partial charge in [-0.25, -0.2) is 0 Å². The number of ether oxygens (including phenoxy) is 1. The van der Waals surface area contributed by atoms with Crippen molar-refractivity contribution >= 4 is 5.91 Å². The maximum absolute atomic E-state index is 11.6. The predicted octanol–water partition coefficient (Wildman–Crippen LogP) is 0.623. The minimum atomic E-state index is 0.161. The topological polar surface area (TPSA) is 41.6 Å². The molecule has 1 aliphatic rings. The summed E-state index contributed by atoms with van der Waals surface area (Å²) in [4.78, 5) is 13.4. The highest BCUT2D eigenvalue weighted by atomic mass is 16.5. The molecule has 15 heavy (non-hydrogen) atoms. The first kappa shape index (κ1) is 12.5. The van der Waals surface area contributed by atoms with E-state index in [0.717, 1.165) is 32.5 Å². The zero-order valence-electron chi connectivity index (χ0n) is 9.79. The van der Waals surface area contributed by atoms with Crippen LogP contribution in [0.1, 0.15) is 26.2 Å². The van der Waals surface area contributed by atoms with Gasteiger partial charge in [0.05, 0.1) is 12.7 Å². The average Bonchev–Trinajstić information content (AvgIpc) is 2.27. The summed E-state index contributed by atoms with van der Waals surface area (Å²) in [5.41, 5.74) is 0. The summed E-state index contributed by atoms with van der Waals surface area (Å²) < 4.78 is 5.55. The molecule has 1 atom stereocenters. The molecule has 1 rings (SSSR count). The van der Waals surface area contributed by atoms with Crippen molar-refractivity contribution in [2.45, 2.75) is 32.3 Å². The van der Waals surface area contributed by atoms with Crippen molar-refractivity contribution in [3.8, 4) is 0 Å². The summed E-state index contributed by atoms with van der Waals surface area (Å²) in [7, 11) is 1.86. The summed E-state index contributed by atoms with van der Waals surface area (Å²) >= 11 is 0. The van der Waals surface area contributed by atoms with Crippen molar-refractivity contribution in [1.29, 1.82) is 0 Å². The molecule has 88 valence electrons. The molecule has 1 amide bonds. The zero-order valence-corrected chi connectivity index (χ0v) is 9.79. The standard InChI is InChI=1S/C11H22N2O2/c1-3-4-5-11(14)13(2)9-10-8-12-6-7-15-10/h10,12H,3-9H2,1-2H3. The number of hydrogen-bond acceptors (Lipinski definition) is 3. The van der Waals surface area contributed by atoms with E-state index in [1.54, 1.807) is 4.90 Å². The van der Waals surface area contributed by atoms with Gasteiger partial charge in [-0.05, 0) is 6.42 Å². The lowest BCUT2D eigenvalue weighted by Gasteiger charge is -2.28. The number of likely N-dealkylation sites (N-methyl/N-ethyl adjacent to an activating group) is 1. The Kier molecular flexibility index (Phi) is 5.65. The number of carbonyl (C=O) groups is 1. The molecule has 0 aromatic carbocycles. The van der Waals surface area contributed by atoms with E-state index in [4.69, 9.17) is 4.74 Å². The van der Waals surface area contributed by atoms with E-state index in [1.807, 2.05) is 7.05 Å². The van der Waals surface area contributed by atoms with E-state index in [0.29, 0.717) is 13.0 Å². The second-order valence-electron chi connectivity index (χ2n) is 4.07. The van der Waals surface area contributed by atoms with E-state index >= 15 is 0 Å². The van der Waals surface area contributed by atoms with Crippen LogP contribution in [-0.2, 0) is 9.53 Å². The third kappa shape index (κ3) is 4.62. The fraction of sp³-hybridized carbons (Fsp3) is 0.909. The minimum absolute atomic E-state index is 0.161. The number of morpholine rings is 1. The van der Waals surface area contributed by atoms with Crippen LogP contribution in [0, 0.1) is 0 Å². The van der Waals surface area contributed by atoms with Gasteiger partial charge in [0.25, 0.3) is 0 Å². The Balaban J connectivity index is 2.20. The van der Waals surface area contributed by atoms with Gasteiger partial charge in [0.1, 0.15) is 0 Å². The second-order valence-corrected chi connectivity index (χ2v) is 4.07. The number of rotatable bonds is 5. The van der Waals surface area contributed by atoms with Crippen molar-refractivity contribution in [1.82, 2.24) is 10.2 Å². The molecular formula is C11H22N2O2. The molecule has 0 saturated carbocycles. The Hall–Kier alpha value is -0.610. The van der Waals surface area contributed by atoms with Crippen LogP contribution in [-0.4, -0.2) is 50.2 Å². The number of hydrogen-bond donors (Lipinski definition) is 1. The van der Waals surface area contributed by atoms with Crippen LogP contribution in [0.3, 0.4) is 0 Å². The Morgan fingerprint density at radius 2 is 2.40 bits per heavy atom. The van der Waals surface area contributed by atoms with Gasteiger partial charge in [-0.15, -0.1) is 0 Å². The molecule has 0 aliphatic carbocycles. The third-order valence-electron chi connectivity index (χ3n) is 2.65. The SMILES string of the molecule is CCCCC(=O)N(C)CC1CNCCO1. The van der Waals surface area contributed by atoms with E-state index in [-0.39, 0.29) is 12.0 Å². The first-order valence-electron chi connectivity index (χ1n) is 5.80. The Morgan fingerprint density at radius 3 is 3.00 bits per heavy atom. The first-order valence-corrected chi connectivity index (χ1v) is 5.80. The van der Waals surface area contributed by atoms with Gasteiger partial charge < -0.3 is 15.0 Å². The summed E-state index contributed by atoms with van der Waals surface area (Å²) in [5.74, 6) is 0.228. The number of nitrogens with one attached hydrogen (secondary N) is 1. The van der Waals surface area contributed by atoms with Crippen molar-refractivity contribution in [3.05, 3.63) is 0 Å². The maximum atomic E-state index is 11.6. The molecule has 1 N–H and O–H groups in total. The number of unbranched alkanes of at least 4 members (excludes halogenated alkanes) is 1. The van der Waals surface area contributed by atoms with Gasteiger partial charge in [0.2, 0.25) is 5.91 Å². The van der Waals surface area contributed by atoms with Gasteiger partial charge in [0.15, 0.2) is 0 Å². The number of amides is 1. The van der Waals surface area contributed by atoms with E-state index in [9.17, 15) is 4.79 Å². The van der Waals surface area contributed by atoms with E-state index in [2.05, 4.69) is 12.2 Å². The lowest BCUT2D eigenvalue weighted by molar-refractivity contribution is -0.132. The fourth-order valence-electron chi connectivity index (χ4n) is 1.66. The van der Waals surface area contributed by atoms with Crippen LogP contribution in [0.4, 0.5) is 0 Å². The average molecular weight is 214 g/mol. The van der Waals surface area contributed by atoms with Gasteiger partial charge in [-0.3, -0.25) is 4.79 Å². The minimum Gasteiger partial charge on any atom is -0.374 e. The molecule has 1 fully saturated rings. The Morgan fingerprint density at radius 1 is 1.60 bits per heavy atom. The van der Waals surface area contributed by atoms with Crippen molar-refractivity contribution in [2.75, 3.05) is 33.3 Å². The molecule has 1 heterocycles. The largest absolute Gasteiger partial charge is 0.374 e. The molecule has 0 spiro atoms. The van der Waals surface area contributed by atoms with E-state index in [1.165, 1.54) is 0 Å². The summed E-state index contributed by atoms with van der Waals surface area (Å²) in [5, 5.41) is 3.26. The summed E-state index contributed by atoms with van der Waals surface area (Å²) in [6.45, 7) is 5.33. The molecule has 0 aromatic rings. The lowest BCUT2D eigenvalue weighted by atomic mass is 10.2. The Bertz CT molecular complexity index is 191. The number of carbonyl (C=O) groups excluding carboxylic acids is 1. The maximum Gasteiger partial charge on any atom is 0.222 e. The summed E-state index contributed by atoms with van der Waals surface area (Å²) in [6, 6.07) is 0. The van der Waals surface area contributed by atoms with Crippen molar-refractivity contribution in [3.63, 3.8) is 0 Å². The predicted molar refractivity (Wildman–Crippen MR) is 59.8 cm³/mol. The van der Waals surface area contributed by atoms with Crippen LogP contribution < -0.4 is 5.32 Å². The van der Waals surface area contributed by atoms with E-state index < -0.39 is 0 Å². The molecule has 1 aliphatic heterocycles. The van der Waals surface area contributed by atoms with Crippen LogP contribution in [0.5, 0.6) is 0 Å². The molecule has 0 radical (unpaired) electrons. The first-order chi connectivity index (χ1) is 7.24. The van der Waals surface area contributed by atoms with Crippen LogP contribution >= 0.6 is 0 Å². The van der Waals surface area contributed by atoms with Crippen molar-refractivity contribution < 1.29 is 9.53 Å². The van der Waals surface area contributed by atoms with Crippen molar-refractivity contribution in [2.24, 2.45) is 0 Å². The highest BCUT2D eigenvalue weighted by Gasteiger charge is 2.17. The molecule has 1 unspecified atom stereocenters. The smallest absolute Gasteiger partial charge is 0.222 e. The zero-order chi connectivity index (χ0) is 11.1. The highest BCUT2D eigenvalue weighted by molar-refractivity contribution is 5.75. The molecule has 4 heteroatoms. The van der Waals surface area contributed by atoms with Crippen LogP contribution in [0.15, 0.2) is 0 Å². The second kappa shape index (κ2) is 6.80. The van der Waals surface area contributed by atoms with Crippen LogP contribution in [0.2, 0.25) is 0 Å². The Labute approximate surface area is 92.0 Å². The third-order valence-corrected chi connectivity index (χ3v) is 2.65. The number of nitrogens with zero attached hydrogens (tertiary/aromatic N) is 1. The fourth-order valence-corrected chi connectivity index (χ4v) is 1.66. The molecule has 0 bridgehead atoms. The lowest BCUT2D eigenvalue weighted by Crippen LogP contribution is -2.45. The monoisotopic (exact) mass is 214 g/mol. The molecule has 1 saturated heterocycles. The molecule has 0 aromatic heterocycles. The van der Waals surface area contributed by atoms with Gasteiger partial charge >= 0.3 is 0 Å². The normalized spacial score (nSPS) is 21.3. The highest BCUT2D eigenvalue weighted by Crippen LogP contribution is 2.03. The van der Waals surface area contributed by atoms with Gasteiger partial charge in [0, 0.05) is 33.1 Å². The van der Waals surface area contributed by atoms with Gasteiger partial charge in [-0.2, -0.15) is 0 Å². The molecular weight excluding hydrogens is 192 g/mol. The molecule has 4 nitrogen and oxygen atoms in total. The summed E-state index contributed by atoms with van der Waals surface area (Å²) in [6.07, 6.45) is 2.87. The van der Waals surface area contributed by atoms with Gasteiger partial charge in [-0.1, -0.05) is 13.3 Å². The quantitative estimate of drug-likeness (QED) is 0.729. The van der Waals surface area contributed by atoms with Crippen LogP contribution in [0.25, 0.3) is 0 Å².